The molecule has 0 amide bonds. The highest BCUT2D eigenvalue weighted by atomic mass is 16.5. The van der Waals surface area contributed by atoms with Crippen LogP contribution < -0.4 is 5.73 Å². The van der Waals surface area contributed by atoms with Gasteiger partial charge in [-0.3, -0.25) is 4.79 Å². The lowest BCUT2D eigenvalue weighted by molar-refractivity contribution is -0.255. The van der Waals surface area contributed by atoms with E-state index in [0.29, 0.717) is 49.4 Å². The van der Waals surface area contributed by atoms with Crippen LogP contribution >= 0.6 is 0 Å². The Morgan fingerprint density at radius 2 is 1.82 bits per heavy atom. The molecule has 4 fully saturated rings. The second-order valence-electron chi connectivity index (χ2n) is 19.3. The lowest BCUT2D eigenvalue weighted by atomic mass is 9.34. The number of allylic oxidation sites excluding steroid dienone is 1. The Morgan fingerprint density at radius 1 is 1.12 bits per heavy atom. The first-order valence-corrected chi connectivity index (χ1v) is 19.2. The van der Waals surface area contributed by atoms with Gasteiger partial charge in [-0.1, -0.05) is 74.0 Å². The van der Waals surface area contributed by atoms with Gasteiger partial charge in [0, 0.05) is 16.4 Å². The van der Waals surface area contributed by atoms with E-state index in [0.717, 1.165) is 38.5 Å². The molecule has 0 spiro atoms. The summed E-state index contributed by atoms with van der Waals surface area (Å²) in [5, 5.41) is 15.8. The number of nitrogens with two attached hydrogens (primary N) is 1. The van der Waals surface area contributed by atoms with Crippen molar-refractivity contribution in [1.29, 1.82) is 0 Å². The number of aromatic nitrogens is 3. The molecule has 1 aliphatic heterocycles. The summed E-state index contributed by atoms with van der Waals surface area (Å²) in [6, 6.07) is -0.0532. The smallest absolute Gasteiger partial charge is 0.307 e. The minimum Gasteiger partial charge on any atom is -0.481 e. The van der Waals surface area contributed by atoms with Gasteiger partial charge in [0.1, 0.15) is 6.33 Å². The topological polar surface area (TPSA) is 116 Å². The van der Waals surface area contributed by atoms with E-state index in [1.54, 1.807) is 6.33 Å². The van der Waals surface area contributed by atoms with Crippen LogP contribution in [-0.2, 0) is 14.3 Å². The van der Waals surface area contributed by atoms with Gasteiger partial charge in [0.25, 0.3) is 0 Å². The number of carbonyl (C=O) groups is 1. The predicted molar refractivity (Wildman–Crippen MR) is 194 cm³/mol. The van der Waals surface area contributed by atoms with Crippen molar-refractivity contribution in [3.8, 4) is 0 Å². The van der Waals surface area contributed by atoms with Gasteiger partial charge in [-0.05, 0) is 105 Å². The zero-order valence-corrected chi connectivity index (χ0v) is 32.7. The fourth-order valence-electron chi connectivity index (χ4n) is 12.7. The van der Waals surface area contributed by atoms with E-state index in [9.17, 15) is 9.90 Å². The Balaban J connectivity index is 1.44. The summed E-state index contributed by atoms with van der Waals surface area (Å²) in [4.78, 5) is 20.2. The maximum Gasteiger partial charge on any atom is 0.307 e. The standard InChI is InChI=1S/C40H67N5O4/c1-24(2)26(5)35(6)17-18-37(8)27-13-14-30-36(7)20-48-22-40(30,28(27)15-16-38(37,9)31(35)33(46)47)19-29(45-23-42-34(41)43-45)32(36)49-21-39(10,25(3)4)44(11)12/h15,23-27,29-32H,13-14,16-22H2,1-12H3,(H2,41,43)(H,46,47)/t26-,27+,29-,30+,31-,32+,35-,36+,37-,38+,39+,40?/m1/s1. The van der Waals surface area contributed by atoms with Crippen molar-refractivity contribution >= 4 is 11.9 Å². The van der Waals surface area contributed by atoms with Crippen molar-refractivity contribution in [2.24, 2.45) is 62.6 Å². The number of nitrogen functional groups attached to an aromatic ring is 1. The average molecular weight is 682 g/mol. The van der Waals surface area contributed by atoms with Crippen molar-refractivity contribution in [3.05, 3.63) is 18.0 Å². The summed E-state index contributed by atoms with van der Waals surface area (Å²) >= 11 is 0. The van der Waals surface area contributed by atoms with Crippen molar-refractivity contribution in [1.82, 2.24) is 19.7 Å². The summed E-state index contributed by atoms with van der Waals surface area (Å²) in [6.07, 6.45) is 9.99. The molecule has 1 aromatic heterocycles. The highest BCUT2D eigenvalue weighted by molar-refractivity contribution is 5.73. The lowest BCUT2D eigenvalue weighted by Crippen LogP contribution is -2.69. The first-order valence-electron chi connectivity index (χ1n) is 19.2. The summed E-state index contributed by atoms with van der Waals surface area (Å²) < 4.78 is 15.9. The molecular weight excluding hydrogens is 614 g/mol. The van der Waals surface area contributed by atoms with Gasteiger partial charge in [0.15, 0.2) is 0 Å². The van der Waals surface area contributed by atoms with E-state index >= 15 is 0 Å². The first kappa shape index (κ1) is 36.8. The van der Waals surface area contributed by atoms with Gasteiger partial charge >= 0.3 is 5.97 Å². The van der Waals surface area contributed by atoms with Crippen LogP contribution in [0.15, 0.2) is 18.0 Å². The van der Waals surface area contributed by atoms with Gasteiger partial charge < -0.3 is 25.2 Å². The highest BCUT2D eigenvalue weighted by Gasteiger charge is 2.72. The Labute approximate surface area is 296 Å². The molecule has 6 rings (SSSR count). The summed E-state index contributed by atoms with van der Waals surface area (Å²) in [5.74, 6) is 1.11. The molecule has 1 unspecified atom stereocenters. The third-order valence-electron chi connectivity index (χ3n) is 16.8. The van der Waals surface area contributed by atoms with Crippen LogP contribution in [0.2, 0.25) is 0 Å². The Morgan fingerprint density at radius 3 is 2.39 bits per heavy atom. The third-order valence-corrected chi connectivity index (χ3v) is 16.8. The van der Waals surface area contributed by atoms with E-state index in [1.165, 1.54) is 5.57 Å². The van der Waals surface area contributed by atoms with E-state index in [-0.39, 0.29) is 50.7 Å². The minimum atomic E-state index is -0.617. The second kappa shape index (κ2) is 12.0. The number of hydrogen-bond acceptors (Lipinski definition) is 7. The van der Waals surface area contributed by atoms with E-state index in [2.05, 4.69) is 99.3 Å². The molecule has 5 aliphatic rings. The average Bonchev–Trinajstić information content (AvgIpc) is 3.45. The number of carboxylic acids is 1. The first-order chi connectivity index (χ1) is 22.7. The molecule has 0 radical (unpaired) electrons. The van der Waals surface area contributed by atoms with Crippen LogP contribution in [0.4, 0.5) is 5.95 Å². The zero-order valence-electron chi connectivity index (χ0n) is 32.7. The number of carboxylic acid groups (broad SMARTS) is 1. The number of anilines is 1. The van der Waals surface area contributed by atoms with Gasteiger partial charge in [-0.15, -0.1) is 5.10 Å². The van der Waals surface area contributed by atoms with Gasteiger partial charge in [0.2, 0.25) is 5.95 Å². The number of fused-ring (bicyclic) bond motifs is 3. The van der Waals surface area contributed by atoms with Gasteiger partial charge in [-0.25, -0.2) is 9.67 Å². The molecular formula is C40H67N5O4. The highest BCUT2D eigenvalue weighted by Crippen LogP contribution is 2.75. The van der Waals surface area contributed by atoms with Crippen LogP contribution in [0.25, 0.3) is 0 Å². The number of hydrogen-bond donors (Lipinski definition) is 2. The number of likely N-dealkylation sites (N-methyl/N-ethyl adjacent to an activating group) is 1. The van der Waals surface area contributed by atoms with E-state index in [1.807, 2.05) is 4.68 Å². The molecule has 3 N–H and O–H groups in total. The molecule has 2 bridgehead atoms. The maximum atomic E-state index is 13.5. The fourth-order valence-corrected chi connectivity index (χ4v) is 12.7. The van der Waals surface area contributed by atoms with Crippen LogP contribution in [0.1, 0.15) is 114 Å². The molecule has 49 heavy (non-hydrogen) atoms. The Hall–Kier alpha value is -1.97. The largest absolute Gasteiger partial charge is 0.481 e. The summed E-state index contributed by atoms with van der Waals surface area (Å²) in [7, 11) is 4.29. The van der Waals surface area contributed by atoms with Crippen molar-refractivity contribution < 1.29 is 19.4 Å². The van der Waals surface area contributed by atoms with Gasteiger partial charge in [0.05, 0.1) is 37.9 Å². The zero-order chi connectivity index (χ0) is 36.1. The number of ether oxygens (including phenoxy) is 2. The molecule has 9 heteroatoms. The van der Waals surface area contributed by atoms with Crippen molar-refractivity contribution in [2.45, 2.75) is 125 Å². The van der Waals surface area contributed by atoms with Crippen LogP contribution in [-0.4, -0.2) is 76.3 Å². The van der Waals surface area contributed by atoms with Crippen molar-refractivity contribution in [3.63, 3.8) is 0 Å². The third kappa shape index (κ3) is 5.04. The quantitative estimate of drug-likeness (QED) is 0.260. The fraction of sp³-hybridized carbons (Fsp3) is 0.875. The molecule has 0 aromatic carbocycles. The van der Waals surface area contributed by atoms with E-state index < -0.39 is 11.9 Å². The molecule has 12 atom stereocenters. The monoisotopic (exact) mass is 682 g/mol. The van der Waals surface area contributed by atoms with Gasteiger partial charge in [-0.2, -0.15) is 0 Å². The molecule has 3 saturated carbocycles. The second-order valence-corrected chi connectivity index (χ2v) is 19.3. The summed E-state index contributed by atoms with van der Waals surface area (Å²) in [5.41, 5.74) is 6.39. The minimum absolute atomic E-state index is 0.0532. The lowest BCUT2D eigenvalue weighted by Gasteiger charge is -2.71. The molecule has 276 valence electrons. The SMILES string of the molecule is CC(C)[C@@H](C)[C@@]1(C)CC[C@]2(C)[C@H]3CC[C@@H]4C5(COC[C@]4(C)[C@@H](OC[C@@](C)(C(C)C)N(C)C)[C@H](n4cnc(N)n4)C5)C3=CC[C@@]2(C)[C@@H]1C(=O)O. The normalized spacial score (nSPS) is 43.7. The number of rotatable bonds is 9. The molecule has 4 aliphatic carbocycles. The van der Waals surface area contributed by atoms with E-state index in [4.69, 9.17) is 20.3 Å². The molecule has 2 heterocycles. The van der Waals surface area contributed by atoms with Crippen LogP contribution in [0.3, 0.4) is 0 Å². The molecule has 1 saturated heterocycles. The summed E-state index contributed by atoms with van der Waals surface area (Å²) in [6.45, 7) is 25.0. The Bertz CT molecular complexity index is 1450. The maximum absolute atomic E-state index is 13.5. The Kier molecular flexibility index (Phi) is 9.05. The van der Waals surface area contributed by atoms with Crippen LogP contribution in [0, 0.1) is 62.6 Å². The molecule has 1 aromatic rings. The number of nitrogens with zero attached hydrogens (tertiary/aromatic N) is 4. The number of aliphatic carboxylic acids is 1. The van der Waals surface area contributed by atoms with Crippen molar-refractivity contribution in [2.75, 3.05) is 39.6 Å². The predicted octanol–water partition coefficient (Wildman–Crippen LogP) is 7.35. The van der Waals surface area contributed by atoms with Crippen LogP contribution in [0.5, 0.6) is 0 Å². The molecule has 9 nitrogen and oxygen atoms in total.